The number of carbonyl (C=O) groups excluding carboxylic acids is 1. The van der Waals surface area contributed by atoms with E-state index in [1.165, 1.54) is 0 Å². The average molecular weight is 227 g/mol. The Morgan fingerprint density at radius 2 is 2.06 bits per heavy atom. The van der Waals surface area contributed by atoms with Crippen LogP contribution < -0.4 is 5.32 Å². The first-order chi connectivity index (χ1) is 8.08. The third kappa shape index (κ3) is 1.59. The molecular formula is C15H17NO. The smallest absolute Gasteiger partial charge is 0.166 e. The lowest BCUT2D eigenvalue weighted by molar-refractivity contribution is -0.125. The molecule has 1 unspecified atom stereocenters. The molecule has 1 aromatic carbocycles. The number of benzene rings is 1. The van der Waals surface area contributed by atoms with Crippen LogP contribution in [-0.4, -0.2) is 11.8 Å². The van der Waals surface area contributed by atoms with Crippen LogP contribution in [0.2, 0.25) is 0 Å². The Bertz CT molecular complexity index is 513. The van der Waals surface area contributed by atoms with Crippen molar-refractivity contribution >= 4 is 17.5 Å². The number of Topliss-reactive ketones (excluding diaryl/α,β-unsaturated/α-hetero) is 1. The molecule has 1 aliphatic carbocycles. The van der Waals surface area contributed by atoms with Gasteiger partial charge in [-0.2, -0.15) is 0 Å². The Hall–Kier alpha value is -1.57. The van der Waals surface area contributed by atoms with Crippen LogP contribution in [0.4, 0.5) is 5.69 Å². The summed E-state index contributed by atoms with van der Waals surface area (Å²) in [7, 11) is 0. The van der Waals surface area contributed by atoms with E-state index in [-0.39, 0.29) is 11.5 Å². The summed E-state index contributed by atoms with van der Waals surface area (Å²) in [5.41, 5.74) is 3.04. The summed E-state index contributed by atoms with van der Waals surface area (Å²) in [5.74, 6) is 0.302. The quantitative estimate of drug-likeness (QED) is 0.737. The van der Waals surface area contributed by atoms with Gasteiger partial charge in [-0.3, -0.25) is 4.79 Å². The molecule has 88 valence electrons. The first kappa shape index (κ1) is 10.6. The first-order valence-electron chi connectivity index (χ1n) is 6.20. The lowest BCUT2D eigenvalue weighted by Crippen LogP contribution is -2.41. The van der Waals surface area contributed by atoms with Crippen molar-refractivity contribution in [1.29, 1.82) is 0 Å². The average Bonchev–Trinajstić information content (AvgIpc) is 2.33. The van der Waals surface area contributed by atoms with Gasteiger partial charge in [0.2, 0.25) is 0 Å². The fourth-order valence-corrected chi connectivity index (χ4v) is 2.75. The molecule has 1 aromatic rings. The maximum Gasteiger partial charge on any atom is 0.166 e. The molecule has 1 fully saturated rings. The van der Waals surface area contributed by atoms with Crippen LogP contribution in [-0.2, 0) is 4.79 Å². The van der Waals surface area contributed by atoms with E-state index in [4.69, 9.17) is 0 Å². The van der Waals surface area contributed by atoms with Crippen LogP contribution >= 0.6 is 0 Å². The van der Waals surface area contributed by atoms with Crippen molar-refractivity contribution in [1.82, 2.24) is 0 Å². The van der Waals surface area contributed by atoms with Crippen molar-refractivity contribution in [2.24, 2.45) is 5.41 Å². The maximum atomic E-state index is 12.4. The molecule has 0 amide bonds. The van der Waals surface area contributed by atoms with Gasteiger partial charge in [-0.25, -0.2) is 0 Å². The van der Waals surface area contributed by atoms with Gasteiger partial charge in [0.1, 0.15) is 0 Å². The second kappa shape index (κ2) is 3.46. The van der Waals surface area contributed by atoms with Gasteiger partial charge in [0.25, 0.3) is 0 Å². The van der Waals surface area contributed by atoms with E-state index in [2.05, 4.69) is 23.5 Å². The fraction of sp³-hybridized carbons (Fsp3) is 0.400. The maximum absolute atomic E-state index is 12.4. The molecule has 1 aliphatic heterocycles. The molecular weight excluding hydrogens is 210 g/mol. The fourth-order valence-electron chi connectivity index (χ4n) is 2.75. The van der Waals surface area contributed by atoms with Crippen LogP contribution in [0.5, 0.6) is 0 Å². The minimum absolute atomic E-state index is 0.198. The third-order valence-electron chi connectivity index (χ3n) is 3.91. The highest BCUT2D eigenvalue weighted by Crippen LogP contribution is 2.40. The standard InChI is InChI=1S/C15H17NO/c1-15(2)8-7-13-11(14(15)17)9-10-5-3-4-6-12(10)16-13/h3-6,9,13,16H,7-8H2,1-2H3. The van der Waals surface area contributed by atoms with Gasteiger partial charge in [0.15, 0.2) is 5.78 Å². The Labute approximate surface area is 102 Å². The minimum Gasteiger partial charge on any atom is -0.378 e. The second-order valence-corrected chi connectivity index (χ2v) is 5.64. The number of fused-ring (bicyclic) bond motifs is 2. The van der Waals surface area contributed by atoms with Gasteiger partial charge in [0, 0.05) is 16.7 Å². The summed E-state index contributed by atoms with van der Waals surface area (Å²) < 4.78 is 0. The highest BCUT2D eigenvalue weighted by atomic mass is 16.1. The largest absolute Gasteiger partial charge is 0.378 e. The van der Waals surface area contributed by atoms with E-state index in [1.807, 2.05) is 26.0 Å². The topological polar surface area (TPSA) is 29.1 Å². The number of anilines is 1. The lowest BCUT2D eigenvalue weighted by Gasteiger charge is -2.38. The molecule has 1 N–H and O–H groups in total. The van der Waals surface area contributed by atoms with E-state index in [9.17, 15) is 4.79 Å². The molecule has 0 radical (unpaired) electrons. The van der Waals surface area contributed by atoms with Crippen molar-refractivity contribution in [3.8, 4) is 0 Å². The number of carbonyl (C=O) groups is 1. The SMILES string of the molecule is CC1(C)CCC2Nc3ccccc3C=C2C1=O. The van der Waals surface area contributed by atoms with Crippen molar-refractivity contribution in [2.75, 3.05) is 5.32 Å². The second-order valence-electron chi connectivity index (χ2n) is 5.64. The number of hydrogen-bond acceptors (Lipinski definition) is 2. The van der Waals surface area contributed by atoms with Crippen LogP contribution in [0.1, 0.15) is 32.3 Å². The Kier molecular flexibility index (Phi) is 2.15. The van der Waals surface area contributed by atoms with Gasteiger partial charge in [-0.15, -0.1) is 0 Å². The highest BCUT2D eigenvalue weighted by molar-refractivity contribution is 6.06. The molecule has 1 atom stereocenters. The van der Waals surface area contributed by atoms with Gasteiger partial charge < -0.3 is 5.32 Å². The molecule has 2 nitrogen and oxygen atoms in total. The molecule has 17 heavy (non-hydrogen) atoms. The van der Waals surface area contributed by atoms with E-state index in [1.54, 1.807) is 0 Å². The molecule has 1 heterocycles. The van der Waals surface area contributed by atoms with E-state index >= 15 is 0 Å². The number of hydrogen-bond donors (Lipinski definition) is 1. The number of para-hydroxylation sites is 1. The predicted molar refractivity (Wildman–Crippen MR) is 69.9 cm³/mol. The van der Waals surface area contributed by atoms with Crippen LogP contribution in [0.3, 0.4) is 0 Å². The summed E-state index contributed by atoms with van der Waals surface area (Å²) >= 11 is 0. The summed E-state index contributed by atoms with van der Waals surface area (Å²) in [4.78, 5) is 12.4. The van der Waals surface area contributed by atoms with Crippen molar-refractivity contribution in [3.63, 3.8) is 0 Å². The minimum atomic E-state index is -0.198. The highest BCUT2D eigenvalue weighted by Gasteiger charge is 2.40. The lowest BCUT2D eigenvalue weighted by atomic mass is 9.70. The van der Waals surface area contributed by atoms with Crippen LogP contribution in [0, 0.1) is 5.41 Å². The molecule has 0 aromatic heterocycles. The Balaban J connectivity index is 2.07. The zero-order valence-corrected chi connectivity index (χ0v) is 10.3. The van der Waals surface area contributed by atoms with Crippen molar-refractivity contribution in [2.45, 2.75) is 32.7 Å². The zero-order valence-electron chi connectivity index (χ0n) is 10.3. The van der Waals surface area contributed by atoms with E-state index in [0.29, 0.717) is 5.78 Å². The predicted octanol–water partition coefficient (Wildman–Crippen LogP) is 3.25. The van der Waals surface area contributed by atoms with Gasteiger partial charge >= 0.3 is 0 Å². The van der Waals surface area contributed by atoms with Gasteiger partial charge in [-0.1, -0.05) is 32.0 Å². The molecule has 1 saturated carbocycles. The summed E-state index contributed by atoms with van der Waals surface area (Å²) in [5, 5.41) is 3.48. The third-order valence-corrected chi connectivity index (χ3v) is 3.91. The number of rotatable bonds is 0. The zero-order chi connectivity index (χ0) is 12.0. The normalized spacial score (nSPS) is 25.4. The van der Waals surface area contributed by atoms with Crippen molar-refractivity contribution < 1.29 is 4.79 Å². The molecule has 3 rings (SSSR count). The number of nitrogens with one attached hydrogen (secondary N) is 1. The summed E-state index contributed by atoms with van der Waals surface area (Å²) in [6.45, 7) is 4.10. The first-order valence-corrected chi connectivity index (χ1v) is 6.20. The van der Waals surface area contributed by atoms with E-state index in [0.717, 1.165) is 29.7 Å². The molecule has 2 aliphatic rings. The van der Waals surface area contributed by atoms with E-state index < -0.39 is 0 Å². The summed E-state index contributed by atoms with van der Waals surface area (Å²) in [6, 6.07) is 8.38. The van der Waals surface area contributed by atoms with Crippen molar-refractivity contribution in [3.05, 3.63) is 35.4 Å². The van der Waals surface area contributed by atoms with Gasteiger partial charge in [0.05, 0.1) is 6.04 Å². The Morgan fingerprint density at radius 3 is 2.88 bits per heavy atom. The molecule has 0 saturated heterocycles. The van der Waals surface area contributed by atoms with Crippen LogP contribution in [0.15, 0.2) is 29.8 Å². The molecule has 2 heteroatoms. The monoisotopic (exact) mass is 227 g/mol. The summed E-state index contributed by atoms with van der Waals surface area (Å²) in [6.07, 6.45) is 4.07. The molecule has 0 bridgehead atoms. The van der Waals surface area contributed by atoms with Gasteiger partial charge in [-0.05, 0) is 30.5 Å². The molecule has 0 spiro atoms. The number of ketones is 1. The van der Waals surface area contributed by atoms with Crippen LogP contribution in [0.25, 0.3) is 6.08 Å². The Morgan fingerprint density at radius 1 is 1.29 bits per heavy atom.